The molecule has 0 aromatic heterocycles. The van der Waals surface area contributed by atoms with Crippen molar-refractivity contribution >= 4 is 0 Å². The van der Waals surface area contributed by atoms with Crippen LogP contribution in [0.1, 0.15) is 31.0 Å². The Labute approximate surface area is 115 Å². The van der Waals surface area contributed by atoms with Crippen LogP contribution in [0.25, 0.3) is 0 Å². The average Bonchev–Trinajstić information content (AvgIpc) is 2.78. The molecule has 3 heteroatoms. The minimum Gasteiger partial charge on any atom is -0.492 e. The Morgan fingerprint density at radius 3 is 2.42 bits per heavy atom. The van der Waals surface area contributed by atoms with E-state index in [9.17, 15) is 0 Å². The lowest BCUT2D eigenvalue weighted by molar-refractivity contribution is 0.170. The molecule has 1 aliphatic heterocycles. The summed E-state index contributed by atoms with van der Waals surface area (Å²) < 4.78 is 16.3. The average molecular weight is 260 g/mol. The molecule has 1 aliphatic rings. The molecule has 1 aromatic rings. The number of rotatable bonds is 1. The molecule has 19 heavy (non-hydrogen) atoms. The van der Waals surface area contributed by atoms with E-state index in [2.05, 4.69) is 18.4 Å². The van der Waals surface area contributed by atoms with Gasteiger partial charge in [-0.05, 0) is 26.3 Å². The zero-order valence-electron chi connectivity index (χ0n) is 11.1. The van der Waals surface area contributed by atoms with Crippen molar-refractivity contribution in [1.29, 1.82) is 0 Å². The van der Waals surface area contributed by atoms with Gasteiger partial charge in [0.25, 0.3) is 0 Å². The first-order valence-corrected chi connectivity index (χ1v) is 5.70. The summed E-state index contributed by atoms with van der Waals surface area (Å²) in [5.74, 6) is 8.20. The molecule has 0 saturated carbocycles. The molecule has 0 unspecified atom stereocenters. The lowest BCUT2D eigenvalue weighted by Crippen LogP contribution is -1.96. The highest BCUT2D eigenvalue weighted by Crippen LogP contribution is 2.47. The van der Waals surface area contributed by atoms with Gasteiger partial charge in [0.15, 0.2) is 11.5 Å². The van der Waals surface area contributed by atoms with Crippen LogP contribution >= 0.6 is 0 Å². The van der Waals surface area contributed by atoms with E-state index in [0.29, 0.717) is 11.5 Å². The van der Waals surface area contributed by atoms with Gasteiger partial charge in [0.05, 0.1) is 7.11 Å². The Bertz CT molecular complexity index is 574. The summed E-state index contributed by atoms with van der Waals surface area (Å²) >= 11 is 0. The lowest BCUT2D eigenvalue weighted by Gasteiger charge is -2.13. The number of hydrogen-bond acceptors (Lipinski definition) is 3. The minimum atomic E-state index is 0. The van der Waals surface area contributed by atoms with Crippen molar-refractivity contribution in [3.05, 3.63) is 28.8 Å². The molecule has 0 N–H and O–H groups in total. The second kappa shape index (κ2) is 5.71. The van der Waals surface area contributed by atoms with Crippen molar-refractivity contribution in [1.82, 2.24) is 0 Å². The van der Waals surface area contributed by atoms with Gasteiger partial charge in [0, 0.05) is 16.7 Å². The first kappa shape index (κ1) is 15.0. The van der Waals surface area contributed by atoms with E-state index in [1.165, 1.54) is 0 Å². The first-order valence-electron chi connectivity index (χ1n) is 5.70. The number of hydrogen-bond donors (Lipinski definition) is 0. The van der Waals surface area contributed by atoms with E-state index < -0.39 is 0 Å². The van der Waals surface area contributed by atoms with E-state index >= 15 is 0 Å². The molecule has 2 rings (SSSR count). The third kappa shape index (κ3) is 2.53. The van der Waals surface area contributed by atoms with Crippen LogP contribution in [0.4, 0.5) is 0 Å². The van der Waals surface area contributed by atoms with Crippen LogP contribution < -0.4 is 14.2 Å². The quantitative estimate of drug-likeness (QED) is 0.722. The molecule has 0 fully saturated rings. The maximum absolute atomic E-state index is 5.48. The van der Waals surface area contributed by atoms with Crippen LogP contribution in [0.2, 0.25) is 0 Å². The Balaban J connectivity index is 0.00000180. The zero-order valence-corrected chi connectivity index (χ0v) is 11.1. The van der Waals surface area contributed by atoms with Crippen LogP contribution in [0.5, 0.6) is 17.2 Å². The summed E-state index contributed by atoms with van der Waals surface area (Å²) in [5, 5.41) is 0. The Kier molecular flexibility index (Phi) is 4.50. The highest BCUT2D eigenvalue weighted by molar-refractivity contribution is 5.68. The molecular weight excluding hydrogens is 240 g/mol. The maximum Gasteiger partial charge on any atom is 0.231 e. The standard InChI is InChI=1S/C15H16O3.CH4/c1-9(2)6-7-12-10(3)13(16-5)15-14(11(12)4)17-8-18-15;/h1,8H2,2-5H3;1H4. The van der Waals surface area contributed by atoms with Gasteiger partial charge in [0.1, 0.15) is 0 Å². The highest BCUT2D eigenvalue weighted by Gasteiger charge is 2.26. The first-order chi connectivity index (χ1) is 8.56. The lowest BCUT2D eigenvalue weighted by atomic mass is 10.00. The number of fused-ring (bicyclic) bond motifs is 1. The number of benzene rings is 1. The molecule has 0 spiro atoms. The Morgan fingerprint density at radius 1 is 1.21 bits per heavy atom. The second-order valence-electron chi connectivity index (χ2n) is 4.25. The van der Waals surface area contributed by atoms with Gasteiger partial charge >= 0.3 is 0 Å². The summed E-state index contributed by atoms with van der Waals surface area (Å²) in [6, 6.07) is 0. The van der Waals surface area contributed by atoms with Crippen molar-refractivity contribution < 1.29 is 14.2 Å². The molecule has 0 radical (unpaired) electrons. The Morgan fingerprint density at radius 2 is 1.84 bits per heavy atom. The molecule has 0 amide bonds. The molecule has 0 bridgehead atoms. The van der Waals surface area contributed by atoms with Crippen LogP contribution in [0.3, 0.4) is 0 Å². The van der Waals surface area contributed by atoms with Gasteiger partial charge in [-0.2, -0.15) is 0 Å². The number of methoxy groups -OCH3 is 1. The molecule has 3 nitrogen and oxygen atoms in total. The molecule has 102 valence electrons. The predicted molar refractivity (Wildman–Crippen MR) is 77.0 cm³/mol. The van der Waals surface area contributed by atoms with Crippen LogP contribution in [-0.2, 0) is 0 Å². The Hall–Kier alpha value is -2.08. The fourth-order valence-corrected chi connectivity index (χ4v) is 2.01. The molecular formula is C16H20O3. The van der Waals surface area contributed by atoms with Crippen molar-refractivity contribution in [2.45, 2.75) is 28.2 Å². The largest absolute Gasteiger partial charge is 0.492 e. The highest BCUT2D eigenvalue weighted by atomic mass is 16.7. The normalized spacial score (nSPS) is 11.2. The number of allylic oxidation sites excluding steroid dienone is 1. The topological polar surface area (TPSA) is 27.7 Å². The van der Waals surface area contributed by atoms with Gasteiger partial charge in [-0.1, -0.05) is 25.8 Å². The van der Waals surface area contributed by atoms with E-state index in [-0.39, 0.29) is 14.2 Å². The summed E-state index contributed by atoms with van der Waals surface area (Å²) in [7, 11) is 1.62. The monoisotopic (exact) mass is 260 g/mol. The zero-order chi connectivity index (χ0) is 13.3. The van der Waals surface area contributed by atoms with Crippen LogP contribution in [0, 0.1) is 25.7 Å². The maximum atomic E-state index is 5.48. The smallest absolute Gasteiger partial charge is 0.231 e. The van der Waals surface area contributed by atoms with Crippen molar-refractivity contribution in [3.8, 4) is 29.1 Å². The molecule has 0 saturated heterocycles. The fourth-order valence-electron chi connectivity index (χ4n) is 2.01. The third-order valence-electron chi connectivity index (χ3n) is 2.86. The van der Waals surface area contributed by atoms with Crippen LogP contribution in [0.15, 0.2) is 12.2 Å². The summed E-state index contributed by atoms with van der Waals surface area (Å²) in [4.78, 5) is 0. The molecule has 1 aromatic carbocycles. The predicted octanol–water partition coefficient (Wildman–Crippen LogP) is 3.60. The van der Waals surface area contributed by atoms with Gasteiger partial charge in [-0.15, -0.1) is 0 Å². The SMILES string of the molecule is C.C=C(C)C#Cc1c(C)c(OC)c2c(c1C)OCO2. The van der Waals surface area contributed by atoms with Crippen molar-refractivity contribution in [2.75, 3.05) is 13.9 Å². The second-order valence-corrected chi connectivity index (χ2v) is 4.25. The number of ether oxygens (including phenoxy) is 3. The van der Waals surface area contributed by atoms with Gasteiger partial charge < -0.3 is 14.2 Å². The molecule has 1 heterocycles. The summed E-state index contributed by atoms with van der Waals surface area (Å²) in [5.41, 5.74) is 3.69. The van der Waals surface area contributed by atoms with E-state index in [0.717, 1.165) is 28.0 Å². The summed E-state index contributed by atoms with van der Waals surface area (Å²) in [6.45, 7) is 9.83. The minimum absolute atomic E-state index is 0. The van der Waals surface area contributed by atoms with E-state index in [1.807, 2.05) is 20.8 Å². The van der Waals surface area contributed by atoms with Crippen molar-refractivity contribution in [2.24, 2.45) is 0 Å². The molecule has 0 aliphatic carbocycles. The fraction of sp³-hybridized carbons (Fsp3) is 0.375. The van der Waals surface area contributed by atoms with Gasteiger partial charge in [0.2, 0.25) is 12.5 Å². The van der Waals surface area contributed by atoms with Crippen molar-refractivity contribution in [3.63, 3.8) is 0 Å². The van der Waals surface area contributed by atoms with E-state index in [4.69, 9.17) is 14.2 Å². The van der Waals surface area contributed by atoms with E-state index in [1.54, 1.807) is 7.11 Å². The van der Waals surface area contributed by atoms with Gasteiger partial charge in [-0.25, -0.2) is 0 Å². The molecule has 0 atom stereocenters. The van der Waals surface area contributed by atoms with Crippen LogP contribution in [-0.4, -0.2) is 13.9 Å². The summed E-state index contributed by atoms with van der Waals surface area (Å²) in [6.07, 6.45) is 0. The van der Waals surface area contributed by atoms with Gasteiger partial charge in [-0.3, -0.25) is 0 Å². The third-order valence-corrected chi connectivity index (χ3v) is 2.86.